The maximum atomic E-state index is 11.7. The molecular weight excluding hydrogens is 208 g/mol. The van der Waals surface area contributed by atoms with E-state index in [1.54, 1.807) is 0 Å². The quantitative estimate of drug-likeness (QED) is 0.781. The lowest BCUT2D eigenvalue weighted by Gasteiger charge is -2.49. The van der Waals surface area contributed by atoms with Crippen LogP contribution < -0.4 is 0 Å². The van der Waals surface area contributed by atoms with Gasteiger partial charge in [-0.3, -0.25) is 4.79 Å². The van der Waals surface area contributed by atoms with Crippen LogP contribution >= 0.6 is 0 Å². The average molecular weight is 228 g/mol. The molecule has 0 bridgehead atoms. The maximum absolute atomic E-state index is 11.7. The molecule has 0 aromatic rings. The van der Waals surface area contributed by atoms with Crippen molar-refractivity contribution in [2.45, 2.75) is 32.6 Å². The number of rotatable bonds is 2. The summed E-state index contributed by atoms with van der Waals surface area (Å²) in [6.07, 6.45) is 2.97. The van der Waals surface area contributed by atoms with Crippen LogP contribution in [0.15, 0.2) is 0 Å². The van der Waals surface area contributed by atoms with Crippen LogP contribution in [0.3, 0.4) is 0 Å². The molecule has 2 heterocycles. The zero-order valence-corrected chi connectivity index (χ0v) is 9.83. The van der Waals surface area contributed by atoms with E-state index in [1.165, 1.54) is 0 Å². The molecule has 4 nitrogen and oxygen atoms in total. The average Bonchev–Trinajstić information content (AvgIpc) is 2.30. The first-order chi connectivity index (χ1) is 7.61. The summed E-state index contributed by atoms with van der Waals surface area (Å²) in [5, 5.41) is 9.61. The van der Waals surface area contributed by atoms with Gasteiger partial charge in [0.05, 0.1) is 5.41 Å². The Balaban J connectivity index is 2.26. The Bertz CT molecular complexity index is 262. The fourth-order valence-electron chi connectivity index (χ4n) is 3.10. The van der Waals surface area contributed by atoms with E-state index in [4.69, 9.17) is 9.47 Å². The minimum atomic E-state index is -0.653. The molecule has 2 aliphatic heterocycles. The minimum Gasteiger partial charge on any atom is -0.481 e. The van der Waals surface area contributed by atoms with Crippen LogP contribution in [0.4, 0.5) is 0 Å². The van der Waals surface area contributed by atoms with Crippen LogP contribution in [-0.4, -0.2) is 37.5 Å². The highest BCUT2D eigenvalue weighted by Gasteiger charge is 2.54. The molecule has 2 aliphatic rings. The van der Waals surface area contributed by atoms with E-state index in [0.717, 1.165) is 12.8 Å². The molecular formula is C12H20O4. The van der Waals surface area contributed by atoms with Gasteiger partial charge in [-0.1, -0.05) is 6.92 Å². The molecule has 0 saturated carbocycles. The topological polar surface area (TPSA) is 55.8 Å². The summed E-state index contributed by atoms with van der Waals surface area (Å²) in [7, 11) is 0. The van der Waals surface area contributed by atoms with Gasteiger partial charge in [0.1, 0.15) is 0 Å². The van der Waals surface area contributed by atoms with Gasteiger partial charge in [0, 0.05) is 26.4 Å². The Morgan fingerprint density at radius 3 is 1.88 bits per heavy atom. The number of carbonyl (C=O) groups is 1. The van der Waals surface area contributed by atoms with Crippen LogP contribution in [0, 0.1) is 10.8 Å². The Labute approximate surface area is 95.9 Å². The maximum Gasteiger partial charge on any atom is 0.310 e. The molecule has 92 valence electrons. The highest BCUT2D eigenvalue weighted by Crippen LogP contribution is 2.52. The van der Waals surface area contributed by atoms with Gasteiger partial charge in [0.2, 0.25) is 0 Å². The van der Waals surface area contributed by atoms with Crippen molar-refractivity contribution >= 4 is 5.97 Å². The largest absolute Gasteiger partial charge is 0.481 e. The summed E-state index contributed by atoms with van der Waals surface area (Å²) >= 11 is 0. The van der Waals surface area contributed by atoms with Gasteiger partial charge in [-0.15, -0.1) is 0 Å². The SMILES string of the molecule is CC1(C2(C(=O)O)CCOCC2)CCOCC1. The van der Waals surface area contributed by atoms with E-state index in [-0.39, 0.29) is 5.41 Å². The van der Waals surface area contributed by atoms with Gasteiger partial charge >= 0.3 is 5.97 Å². The number of hydrogen-bond donors (Lipinski definition) is 1. The smallest absolute Gasteiger partial charge is 0.310 e. The third kappa shape index (κ3) is 1.74. The second kappa shape index (κ2) is 4.34. The van der Waals surface area contributed by atoms with Crippen molar-refractivity contribution in [1.29, 1.82) is 0 Å². The number of aliphatic carboxylic acids is 1. The summed E-state index contributed by atoms with van der Waals surface area (Å²) in [6, 6.07) is 0. The number of hydrogen-bond acceptors (Lipinski definition) is 3. The summed E-state index contributed by atoms with van der Waals surface area (Å²) < 4.78 is 10.7. The number of carboxylic acids is 1. The predicted molar refractivity (Wildman–Crippen MR) is 58.3 cm³/mol. The van der Waals surface area contributed by atoms with E-state index in [2.05, 4.69) is 6.92 Å². The first kappa shape index (κ1) is 11.9. The van der Waals surface area contributed by atoms with E-state index in [0.29, 0.717) is 39.3 Å². The molecule has 0 unspecified atom stereocenters. The first-order valence-electron chi connectivity index (χ1n) is 6.00. The summed E-state index contributed by atoms with van der Waals surface area (Å²) in [4.78, 5) is 11.7. The van der Waals surface area contributed by atoms with E-state index in [1.807, 2.05) is 0 Å². The lowest BCUT2D eigenvalue weighted by Crippen LogP contribution is -2.52. The number of ether oxygens (including phenoxy) is 2. The number of carboxylic acid groups (broad SMARTS) is 1. The van der Waals surface area contributed by atoms with Crippen LogP contribution in [0.2, 0.25) is 0 Å². The molecule has 0 aliphatic carbocycles. The van der Waals surface area contributed by atoms with E-state index < -0.39 is 11.4 Å². The molecule has 0 atom stereocenters. The summed E-state index contributed by atoms with van der Waals surface area (Å²) in [6.45, 7) is 4.62. The van der Waals surface area contributed by atoms with Gasteiger partial charge in [-0.2, -0.15) is 0 Å². The fraction of sp³-hybridized carbons (Fsp3) is 0.917. The monoisotopic (exact) mass is 228 g/mol. The van der Waals surface area contributed by atoms with Crippen molar-refractivity contribution < 1.29 is 19.4 Å². The zero-order valence-electron chi connectivity index (χ0n) is 9.83. The van der Waals surface area contributed by atoms with Crippen LogP contribution in [0.5, 0.6) is 0 Å². The molecule has 2 fully saturated rings. The fourth-order valence-corrected chi connectivity index (χ4v) is 3.10. The van der Waals surface area contributed by atoms with Crippen molar-refractivity contribution in [3.8, 4) is 0 Å². The molecule has 0 aromatic heterocycles. The highest BCUT2D eigenvalue weighted by atomic mass is 16.5. The molecule has 16 heavy (non-hydrogen) atoms. The third-order valence-electron chi connectivity index (χ3n) is 4.51. The lowest BCUT2D eigenvalue weighted by molar-refractivity contribution is -0.175. The molecule has 2 saturated heterocycles. The van der Waals surface area contributed by atoms with E-state index in [9.17, 15) is 9.90 Å². The van der Waals surface area contributed by atoms with Crippen molar-refractivity contribution in [1.82, 2.24) is 0 Å². The molecule has 2 rings (SSSR count). The van der Waals surface area contributed by atoms with Crippen molar-refractivity contribution in [3.63, 3.8) is 0 Å². The standard InChI is InChI=1S/C12H20O4/c1-11(2-6-15-7-3-11)12(10(13)14)4-8-16-9-5-12/h2-9H2,1H3,(H,13,14). The van der Waals surface area contributed by atoms with Crippen LogP contribution in [0.1, 0.15) is 32.6 Å². The highest BCUT2D eigenvalue weighted by molar-refractivity contribution is 5.76. The Morgan fingerprint density at radius 1 is 1.00 bits per heavy atom. The first-order valence-corrected chi connectivity index (χ1v) is 6.00. The summed E-state index contributed by atoms with van der Waals surface area (Å²) in [5.74, 6) is -0.653. The Morgan fingerprint density at radius 2 is 1.44 bits per heavy atom. The molecule has 0 amide bonds. The van der Waals surface area contributed by atoms with Gasteiger partial charge < -0.3 is 14.6 Å². The zero-order chi connectivity index (χ0) is 11.6. The minimum absolute atomic E-state index is 0.138. The van der Waals surface area contributed by atoms with E-state index >= 15 is 0 Å². The van der Waals surface area contributed by atoms with Gasteiger partial charge in [-0.25, -0.2) is 0 Å². The molecule has 0 aromatic carbocycles. The van der Waals surface area contributed by atoms with Crippen molar-refractivity contribution in [3.05, 3.63) is 0 Å². The third-order valence-corrected chi connectivity index (χ3v) is 4.51. The second-order valence-corrected chi connectivity index (χ2v) is 5.17. The Hall–Kier alpha value is -0.610. The van der Waals surface area contributed by atoms with Gasteiger partial charge in [0.15, 0.2) is 0 Å². The second-order valence-electron chi connectivity index (χ2n) is 5.17. The normalized spacial score (nSPS) is 28.6. The van der Waals surface area contributed by atoms with Crippen molar-refractivity contribution in [2.24, 2.45) is 10.8 Å². The predicted octanol–water partition coefficient (Wildman–Crippen LogP) is 1.68. The molecule has 0 spiro atoms. The Kier molecular flexibility index (Phi) is 3.22. The summed E-state index contributed by atoms with van der Waals surface area (Å²) in [5.41, 5.74) is -0.740. The van der Waals surface area contributed by atoms with Gasteiger partial charge in [0.25, 0.3) is 0 Å². The van der Waals surface area contributed by atoms with Crippen LogP contribution in [0.25, 0.3) is 0 Å². The van der Waals surface area contributed by atoms with Crippen molar-refractivity contribution in [2.75, 3.05) is 26.4 Å². The molecule has 0 radical (unpaired) electrons. The lowest BCUT2D eigenvalue weighted by atomic mass is 9.57. The molecule has 1 N–H and O–H groups in total. The molecule has 4 heteroatoms. The van der Waals surface area contributed by atoms with Crippen LogP contribution in [-0.2, 0) is 14.3 Å². The van der Waals surface area contributed by atoms with Gasteiger partial charge in [-0.05, 0) is 31.1 Å².